The van der Waals surface area contributed by atoms with Crippen LogP contribution in [0.4, 0.5) is 4.79 Å². The molecule has 0 amide bonds. The minimum atomic E-state index is -0.707. The molecule has 4 heteroatoms. The van der Waals surface area contributed by atoms with E-state index in [2.05, 4.69) is 9.47 Å². The molecule has 1 aromatic carbocycles. The maximum atomic E-state index is 10.6. The van der Waals surface area contributed by atoms with Crippen LogP contribution < -0.4 is 0 Å². The van der Waals surface area contributed by atoms with E-state index in [0.29, 0.717) is 5.56 Å². The fourth-order valence-electron chi connectivity index (χ4n) is 1.04. The van der Waals surface area contributed by atoms with Crippen molar-refractivity contribution in [1.29, 1.82) is 0 Å². The third kappa shape index (κ3) is 3.96. The van der Waals surface area contributed by atoms with Gasteiger partial charge in [-0.3, -0.25) is 4.79 Å². The van der Waals surface area contributed by atoms with Crippen LogP contribution in [0, 0.1) is 0 Å². The number of hydrogen-bond donors (Lipinski definition) is 0. The maximum absolute atomic E-state index is 10.6. The lowest BCUT2D eigenvalue weighted by Crippen LogP contribution is -2.03. The number of methoxy groups -OCH3 is 1. The Hall–Kier alpha value is -2.10. The minimum Gasteiger partial charge on any atom is -0.438 e. The summed E-state index contributed by atoms with van der Waals surface area (Å²) in [6.45, 7) is 0.155. The van der Waals surface area contributed by atoms with Crippen LogP contribution in [0.15, 0.2) is 30.3 Å². The van der Waals surface area contributed by atoms with Gasteiger partial charge in [0.15, 0.2) is 0 Å². The molecule has 0 radical (unpaired) electrons. The molecule has 0 unspecified atom stereocenters. The zero-order valence-electron chi connectivity index (χ0n) is 8.88. The van der Waals surface area contributed by atoms with E-state index in [0.717, 1.165) is 11.8 Å². The summed E-state index contributed by atoms with van der Waals surface area (Å²) in [5, 5.41) is 0. The summed E-state index contributed by atoms with van der Waals surface area (Å²) >= 11 is 0. The number of rotatable bonds is 4. The largest absolute Gasteiger partial charge is 0.508 e. The van der Waals surface area contributed by atoms with E-state index in [1.807, 2.05) is 0 Å². The lowest BCUT2D eigenvalue weighted by Gasteiger charge is -1.98. The van der Waals surface area contributed by atoms with Gasteiger partial charge in [0.1, 0.15) is 12.9 Å². The van der Waals surface area contributed by atoms with Gasteiger partial charge in [0.25, 0.3) is 0 Å². The molecule has 0 heterocycles. The third-order valence-corrected chi connectivity index (χ3v) is 1.85. The van der Waals surface area contributed by atoms with E-state index in [1.54, 1.807) is 36.4 Å². The molecular formula is C12H12O4. The van der Waals surface area contributed by atoms with Gasteiger partial charge >= 0.3 is 6.16 Å². The summed E-state index contributed by atoms with van der Waals surface area (Å²) in [7, 11) is 1.25. The third-order valence-electron chi connectivity index (χ3n) is 1.85. The number of hydrogen-bond acceptors (Lipinski definition) is 4. The SMILES string of the molecule is COC(=O)OC/C=C/c1ccc(C=O)cc1. The van der Waals surface area contributed by atoms with Gasteiger partial charge in [0.2, 0.25) is 0 Å². The van der Waals surface area contributed by atoms with Crippen LogP contribution in [-0.2, 0) is 9.47 Å². The molecule has 0 aromatic heterocycles. The Bertz CT molecular complexity index is 379. The van der Waals surface area contributed by atoms with Crippen LogP contribution in [0.5, 0.6) is 0 Å². The molecule has 0 aliphatic carbocycles. The number of ether oxygens (including phenoxy) is 2. The van der Waals surface area contributed by atoms with Gasteiger partial charge in [-0.05, 0) is 11.6 Å². The van der Waals surface area contributed by atoms with Crippen LogP contribution in [0.25, 0.3) is 6.08 Å². The number of carbonyl (C=O) groups excluding carboxylic acids is 2. The molecule has 0 aliphatic heterocycles. The van der Waals surface area contributed by atoms with E-state index in [1.165, 1.54) is 7.11 Å². The van der Waals surface area contributed by atoms with Gasteiger partial charge in [-0.15, -0.1) is 0 Å². The molecule has 0 atom stereocenters. The van der Waals surface area contributed by atoms with E-state index >= 15 is 0 Å². The van der Waals surface area contributed by atoms with Crippen molar-refractivity contribution in [2.24, 2.45) is 0 Å². The first kappa shape index (κ1) is 12.0. The Morgan fingerprint density at radius 1 is 1.25 bits per heavy atom. The second kappa shape index (κ2) is 6.40. The van der Waals surface area contributed by atoms with Crippen LogP contribution in [-0.4, -0.2) is 26.2 Å². The zero-order chi connectivity index (χ0) is 11.8. The number of benzene rings is 1. The van der Waals surface area contributed by atoms with Gasteiger partial charge in [-0.25, -0.2) is 4.79 Å². The Balaban J connectivity index is 2.43. The summed E-state index contributed by atoms with van der Waals surface area (Å²) in [6, 6.07) is 7.04. The van der Waals surface area contributed by atoms with Crippen LogP contribution in [0.2, 0.25) is 0 Å². The summed E-state index contributed by atoms with van der Waals surface area (Å²) in [5.74, 6) is 0. The predicted molar refractivity (Wildman–Crippen MR) is 59.2 cm³/mol. The topological polar surface area (TPSA) is 52.6 Å². The molecule has 16 heavy (non-hydrogen) atoms. The van der Waals surface area contributed by atoms with Crippen LogP contribution >= 0.6 is 0 Å². The molecule has 84 valence electrons. The van der Waals surface area contributed by atoms with Gasteiger partial charge in [-0.1, -0.05) is 30.3 Å². The van der Waals surface area contributed by atoms with E-state index < -0.39 is 6.16 Å². The van der Waals surface area contributed by atoms with Crippen molar-refractivity contribution in [3.8, 4) is 0 Å². The maximum Gasteiger partial charge on any atom is 0.508 e. The van der Waals surface area contributed by atoms with Crippen molar-refractivity contribution in [2.45, 2.75) is 0 Å². The van der Waals surface area contributed by atoms with Crippen molar-refractivity contribution in [3.05, 3.63) is 41.5 Å². The van der Waals surface area contributed by atoms with Crippen LogP contribution in [0.3, 0.4) is 0 Å². The molecule has 0 saturated carbocycles. The first-order valence-corrected chi connectivity index (χ1v) is 4.69. The monoisotopic (exact) mass is 220 g/mol. The summed E-state index contributed by atoms with van der Waals surface area (Å²) in [5.41, 5.74) is 1.56. The molecule has 1 aromatic rings. The number of aldehydes is 1. The molecule has 1 rings (SSSR count). The Morgan fingerprint density at radius 2 is 1.88 bits per heavy atom. The highest BCUT2D eigenvalue weighted by Gasteiger charge is 1.95. The first-order chi connectivity index (χ1) is 7.76. The smallest absolute Gasteiger partial charge is 0.438 e. The van der Waals surface area contributed by atoms with Crippen molar-refractivity contribution < 1.29 is 19.1 Å². The molecule has 0 bridgehead atoms. The summed E-state index contributed by atoms with van der Waals surface area (Å²) in [4.78, 5) is 21.0. The zero-order valence-corrected chi connectivity index (χ0v) is 8.88. The molecule has 0 aliphatic rings. The number of carbonyl (C=O) groups is 2. The van der Waals surface area contributed by atoms with Gasteiger partial charge in [-0.2, -0.15) is 0 Å². The molecule has 0 spiro atoms. The minimum absolute atomic E-state index is 0.155. The van der Waals surface area contributed by atoms with Crippen molar-refractivity contribution >= 4 is 18.5 Å². The first-order valence-electron chi connectivity index (χ1n) is 4.69. The quantitative estimate of drug-likeness (QED) is 0.577. The van der Waals surface area contributed by atoms with Gasteiger partial charge in [0, 0.05) is 5.56 Å². The summed E-state index contributed by atoms with van der Waals surface area (Å²) in [6.07, 6.45) is 3.55. The predicted octanol–water partition coefficient (Wildman–Crippen LogP) is 2.30. The molecule has 4 nitrogen and oxygen atoms in total. The molecule has 0 N–H and O–H groups in total. The van der Waals surface area contributed by atoms with Crippen LogP contribution in [0.1, 0.15) is 15.9 Å². The second-order valence-corrected chi connectivity index (χ2v) is 2.95. The average molecular weight is 220 g/mol. The highest BCUT2D eigenvalue weighted by molar-refractivity contribution is 5.75. The molecular weight excluding hydrogens is 208 g/mol. The lowest BCUT2D eigenvalue weighted by molar-refractivity contribution is 0.0819. The molecule has 0 fully saturated rings. The second-order valence-electron chi connectivity index (χ2n) is 2.95. The van der Waals surface area contributed by atoms with E-state index in [9.17, 15) is 9.59 Å². The van der Waals surface area contributed by atoms with E-state index in [-0.39, 0.29) is 6.61 Å². The van der Waals surface area contributed by atoms with Crippen molar-refractivity contribution in [3.63, 3.8) is 0 Å². The normalized spacial score (nSPS) is 10.1. The van der Waals surface area contributed by atoms with Gasteiger partial charge in [0.05, 0.1) is 7.11 Å². The van der Waals surface area contributed by atoms with E-state index in [4.69, 9.17) is 0 Å². The highest BCUT2D eigenvalue weighted by Crippen LogP contribution is 2.04. The Kier molecular flexibility index (Phi) is 4.79. The Morgan fingerprint density at radius 3 is 2.44 bits per heavy atom. The standard InChI is InChI=1S/C12H12O4/c1-15-12(14)16-8-2-3-10-4-6-11(9-13)7-5-10/h2-7,9H,8H2,1H3/b3-2+. The van der Waals surface area contributed by atoms with Gasteiger partial charge < -0.3 is 9.47 Å². The Labute approximate surface area is 93.5 Å². The average Bonchev–Trinajstić information content (AvgIpc) is 2.35. The fourth-order valence-corrected chi connectivity index (χ4v) is 1.04. The fraction of sp³-hybridized carbons (Fsp3) is 0.167. The lowest BCUT2D eigenvalue weighted by atomic mass is 10.1. The van der Waals surface area contributed by atoms with Crippen molar-refractivity contribution in [1.82, 2.24) is 0 Å². The summed E-state index contributed by atoms with van der Waals surface area (Å²) < 4.78 is 8.95. The highest BCUT2D eigenvalue weighted by atomic mass is 16.7. The van der Waals surface area contributed by atoms with Crippen molar-refractivity contribution in [2.75, 3.05) is 13.7 Å². The molecule has 0 saturated heterocycles.